The van der Waals surface area contributed by atoms with Crippen LogP contribution in [0.3, 0.4) is 0 Å². The molecule has 16 heavy (non-hydrogen) atoms. The maximum atomic E-state index is 5.97. The molecule has 1 atom stereocenters. The third kappa shape index (κ3) is 1.63. The van der Waals surface area contributed by atoms with Gasteiger partial charge < -0.3 is 5.32 Å². The summed E-state index contributed by atoms with van der Waals surface area (Å²) < 4.78 is 1.23. The predicted octanol–water partition coefficient (Wildman–Crippen LogP) is 3.20. The van der Waals surface area contributed by atoms with Crippen LogP contribution in [0.5, 0.6) is 0 Å². The van der Waals surface area contributed by atoms with Gasteiger partial charge in [0.15, 0.2) is 0 Å². The summed E-state index contributed by atoms with van der Waals surface area (Å²) in [5, 5.41) is 5.40. The Balaban J connectivity index is 2.11. The SMILES string of the molecule is CC1(c2nc3cc(Cl)ccc3s2)CCNC1. The summed E-state index contributed by atoms with van der Waals surface area (Å²) in [6.45, 7) is 4.40. The van der Waals surface area contributed by atoms with Crippen molar-refractivity contribution >= 4 is 33.2 Å². The molecule has 0 aliphatic carbocycles. The number of fused-ring (bicyclic) bond motifs is 1. The van der Waals surface area contributed by atoms with Gasteiger partial charge in [0.2, 0.25) is 0 Å². The fourth-order valence-corrected chi connectivity index (χ4v) is 3.44. The Hall–Kier alpha value is -0.640. The third-order valence-corrected chi connectivity index (χ3v) is 4.81. The highest BCUT2D eigenvalue weighted by atomic mass is 35.5. The van der Waals surface area contributed by atoms with Crippen molar-refractivity contribution in [1.82, 2.24) is 10.3 Å². The second-order valence-corrected chi connectivity index (χ2v) is 6.09. The van der Waals surface area contributed by atoms with E-state index >= 15 is 0 Å². The molecule has 0 bridgehead atoms. The molecule has 4 heteroatoms. The molecule has 1 unspecified atom stereocenters. The number of hydrogen-bond acceptors (Lipinski definition) is 3. The van der Waals surface area contributed by atoms with E-state index in [0.717, 1.165) is 23.6 Å². The van der Waals surface area contributed by atoms with Crippen molar-refractivity contribution in [3.05, 3.63) is 28.2 Å². The molecule has 0 saturated carbocycles. The molecule has 1 aromatic heterocycles. The number of nitrogens with one attached hydrogen (secondary N) is 1. The summed E-state index contributed by atoms with van der Waals surface area (Å²) >= 11 is 7.77. The quantitative estimate of drug-likeness (QED) is 0.843. The zero-order chi connectivity index (χ0) is 11.2. The van der Waals surface area contributed by atoms with Crippen LogP contribution in [0.15, 0.2) is 18.2 Å². The maximum Gasteiger partial charge on any atom is 0.101 e. The lowest BCUT2D eigenvalue weighted by Crippen LogP contribution is -2.24. The molecule has 1 fully saturated rings. The largest absolute Gasteiger partial charge is 0.316 e. The molecule has 1 aromatic carbocycles. The van der Waals surface area contributed by atoms with Gasteiger partial charge in [-0.25, -0.2) is 4.98 Å². The van der Waals surface area contributed by atoms with Crippen LogP contribution in [0.2, 0.25) is 5.02 Å². The number of hydrogen-bond donors (Lipinski definition) is 1. The lowest BCUT2D eigenvalue weighted by molar-refractivity contribution is 0.523. The summed E-state index contributed by atoms with van der Waals surface area (Å²) in [6, 6.07) is 5.94. The van der Waals surface area contributed by atoms with Crippen LogP contribution in [-0.4, -0.2) is 18.1 Å². The first-order chi connectivity index (χ1) is 7.67. The van der Waals surface area contributed by atoms with Crippen LogP contribution in [-0.2, 0) is 5.41 Å². The molecular formula is C12H13ClN2S. The summed E-state index contributed by atoms with van der Waals surface area (Å²) in [4.78, 5) is 4.72. The number of nitrogens with zero attached hydrogens (tertiary/aromatic N) is 1. The monoisotopic (exact) mass is 252 g/mol. The molecule has 84 valence electrons. The molecule has 2 heterocycles. The van der Waals surface area contributed by atoms with Gasteiger partial charge in [0.05, 0.1) is 10.2 Å². The molecule has 2 aromatic rings. The van der Waals surface area contributed by atoms with E-state index in [1.165, 1.54) is 16.1 Å². The predicted molar refractivity (Wildman–Crippen MR) is 69.5 cm³/mol. The molecule has 1 saturated heterocycles. The van der Waals surface area contributed by atoms with Crippen molar-refractivity contribution in [2.75, 3.05) is 13.1 Å². The van der Waals surface area contributed by atoms with Crippen molar-refractivity contribution in [1.29, 1.82) is 0 Å². The summed E-state index contributed by atoms with van der Waals surface area (Å²) in [5.41, 5.74) is 1.23. The van der Waals surface area contributed by atoms with Gasteiger partial charge in [0.25, 0.3) is 0 Å². The molecule has 3 rings (SSSR count). The smallest absolute Gasteiger partial charge is 0.101 e. The van der Waals surface area contributed by atoms with Gasteiger partial charge in [-0.2, -0.15) is 0 Å². The van der Waals surface area contributed by atoms with Gasteiger partial charge >= 0.3 is 0 Å². The lowest BCUT2D eigenvalue weighted by atomic mass is 9.91. The van der Waals surface area contributed by atoms with E-state index in [4.69, 9.17) is 16.6 Å². The Bertz CT molecular complexity index is 529. The van der Waals surface area contributed by atoms with Gasteiger partial charge in [0.1, 0.15) is 5.01 Å². The van der Waals surface area contributed by atoms with Gasteiger partial charge in [-0.1, -0.05) is 18.5 Å². The van der Waals surface area contributed by atoms with Crippen molar-refractivity contribution in [3.63, 3.8) is 0 Å². The number of benzene rings is 1. The van der Waals surface area contributed by atoms with Crippen LogP contribution in [0.1, 0.15) is 18.4 Å². The molecule has 1 aliphatic heterocycles. The zero-order valence-corrected chi connectivity index (χ0v) is 10.7. The van der Waals surface area contributed by atoms with E-state index in [1.807, 2.05) is 12.1 Å². The highest BCUT2D eigenvalue weighted by molar-refractivity contribution is 7.18. The zero-order valence-electron chi connectivity index (χ0n) is 9.09. The molecule has 0 spiro atoms. The molecule has 1 N–H and O–H groups in total. The first-order valence-electron chi connectivity index (χ1n) is 5.45. The fraction of sp³-hybridized carbons (Fsp3) is 0.417. The number of rotatable bonds is 1. The van der Waals surface area contributed by atoms with Crippen molar-refractivity contribution in [2.45, 2.75) is 18.8 Å². The Labute approximate surface area is 104 Å². The van der Waals surface area contributed by atoms with Crippen molar-refractivity contribution in [3.8, 4) is 0 Å². The topological polar surface area (TPSA) is 24.9 Å². The highest BCUT2D eigenvalue weighted by Crippen LogP contribution is 2.36. The van der Waals surface area contributed by atoms with Crippen LogP contribution < -0.4 is 5.32 Å². The van der Waals surface area contributed by atoms with E-state index in [0.29, 0.717) is 0 Å². The van der Waals surface area contributed by atoms with E-state index in [-0.39, 0.29) is 5.41 Å². The van der Waals surface area contributed by atoms with Crippen molar-refractivity contribution < 1.29 is 0 Å². The number of aromatic nitrogens is 1. The Morgan fingerprint density at radius 3 is 3.12 bits per heavy atom. The summed E-state index contributed by atoms with van der Waals surface area (Å²) in [5.74, 6) is 0. The van der Waals surface area contributed by atoms with E-state index in [9.17, 15) is 0 Å². The summed E-state index contributed by atoms with van der Waals surface area (Å²) in [6.07, 6.45) is 1.17. The molecular weight excluding hydrogens is 240 g/mol. The minimum absolute atomic E-state index is 0.205. The molecule has 2 nitrogen and oxygen atoms in total. The van der Waals surface area contributed by atoms with Crippen LogP contribution in [0.25, 0.3) is 10.2 Å². The first-order valence-corrected chi connectivity index (χ1v) is 6.64. The van der Waals surface area contributed by atoms with Crippen LogP contribution in [0, 0.1) is 0 Å². The fourth-order valence-electron chi connectivity index (χ4n) is 2.16. The highest BCUT2D eigenvalue weighted by Gasteiger charge is 2.33. The molecule has 1 aliphatic rings. The molecule has 0 amide bonds. The van der Waals surface area contributed by atoms with Gasteiger partial charge in [-0.3, -0.25) is 0 Å². The van der Waals surface area contributed by atoms with E-state index in [1.54, 1.807) is 11.3 Å². The van der Waals surface area contributed by atoms with Crippen LogP contribution >= 0.6 is 22.9 Å². The minimum atomic E-state index is 0.205. The standard InChI is InChI=1S/C12H13ClN2S/c1-12(4-5-14-7-12)11-15-9-6-8(13)2-3-10(9)16-11/h2-3,6,14H,4-5,7H2,1H3. The molecule has 0 radical (unpaired) electrons. The van der Waals surface area contributed by atoms with Gasteiger partial charge in [-0.05, 0) is 31.2 Å². The van der Waals surface area contributed by atoms with E-state index in [2.05, 4.69) is 18.3 Å². The Morgan fingerprint density at radius 1 is 1.50 bits per heavy atom. The number of halogens is 1. The first kappa shape index (κ1) is 10.5. The third-order valence-electron chi connectivity index (χ3n) is 3.23. The normalized spacial score (nSPS) is 25.4. The average Bonchev–Trinajstić information content (AvgIpc) is 2.84. The average molecular weight is 253 g/mol. The number of thiazole rings is 1. The van der Waals surface area contributed by atoms with E-state index < -0.39 is 0 Å². The van der Waals surface area contributed by atoms with Gasteiger partial charge in [0, 0.05) is 17.0 Å². The maximum absolute atomic E-state index is 5.97. The van der Waals surface area contributed by atoms with Crippen molar-refractivity contribution in [2.24, 2.45) is 0 Å². The minimum Gasteiger partial charge on any atom is -0.316 e. The Morgan fingerprint density at radius 2 is 2.38 bits per heavy atom. The second-order valence-electron chi connectivity index (χ2n) is 4.62. The van der Waals surface area contributed by atoms with Crippen LogP contribution in [0.4, 0.5) is 0 Å². The summed E-state index contributed by atoms with van der Waals surface area (Å²) in [7, 11) is 0. The second kappa shape index (κ2) is 3.69. The Kier molecular flexibility index (Phi) is 2.42. The van der Waals surface area contributed by atoms with Gasteiger partial charge in [-0.15, -0.1) is 11.3 Å². The lowest BCUT2D eigenvalue weighted by Gasteiger charge is -2.18.